The summed E-state index contributed by atoms with van der Waals surface area (Å²) in [5, 5.41) is 20.2. The maximum absolute atomic E-state index is 11.7. The molecule has 0 saturated heterocycles. The second kappa shape index (κ2) is 5.45. The van der Waals surface area contributed by atoms with Crippen LogP contribution in [0.25, 0.3) is 0 Å². The number of hydrogen-bond acceptors (Lipinski definition) is 6. The molecule has 8 nitrogen and oxygen atoms in total. The number of nitrogens with zero attached hydrogens (tertiary/aromatic N) is 2. The van der Waals surface area contributed by atoms with Crippen molar-refractivity contribution in [1.29, 1.82) is 0 Å². The van der Waals surface area contributed by atoms with E-state index in [9.17, 15) is 14.4 Å². The van der Waals surface area contributed by atoms with E-state index in [2.05, 4.69) is 14.1 Å². The predicted octanol–water partition coefficient (Wildman–Crippen LogP) is 1.19. The van der Waals surface area contributed by atoms with Crippen molar-refractivity contribution in [3.63, 3.8) is 0 Å². The van der Waals surface area contributed by atoms with Gasteiger partial charge in [0.25, 0.3) is 5.91 Å². The summed E-state index contributed by atoms with van der Waals surface area (Å²) in [4.78, 5) is 33.6. The molecule has 0 unspecified atom stereocenters. The van der Waals surface area contributed by atoms with Gasteiger partial charge in [-0.1, -0.05) is 0 Å². The number of carbonyl (C=O) groups is 3. The van der Waals surface area contributed by atoms with Crippen LogP contribution in [0.5, 0.6) is 0 Å². The van der Waals surface area contributed by atoms with Crippen molar-refractivity contribution in [1.82, 2.24) is 8.75 Å². The minimum atomic E-state index is -1.29. The number of hydrogen-bond donors (Lipinski definition) is 3. The molecular weight excluding hydrogens is 286 g/mol. The summed E-state index contributed by atoms with van der Waals surface area (Å²) in [6, 6.07) is 3.32. The van der Waals surface area contributed by atoms with Crippen LogP contribution in [0.3, 0.4) is 0 Å². The zero-order chi connectivity index (χ0) is 14.7. The van der Waals surface area contributed by atoms with E-state index in [1.165, 1.54) is 6.20 Å². The molecule has 9 heteroatoms. The normalized spacial score (nSPS) is 10.0. The van der Waals surface area contributed by atoms with Gasteiger partial charge >= 0.3 is 11.9 Å². The Labute approximate surface area is 116 Å². The molecule has 0 aliphatic carbocycles. The molecule has 1 aromatic heterocycles. The molecule has 0 aliphatic rings. The standard InChI is InChI=1S/C11H7N3O5S/c15-9(8-4-12-20-14-8)13-7-2-5(10(16)17)1-6(3-7)11(18)19/h1-4H,(H,13,15)(H,16,17)(H,18,19). The Bertz CT molecular complexity index is 651. The van der Waals surface area contributed by atoms with Gasteiger partial charge in [-0.3, -0.25) is 4.79 Å². The molecule has 0 fully saturated rings. The van der Waals surface area contributed by atoms with Crippen LogP contribution in [0.1, 0.15) is 31.2 Å². The molecule has 0 spiro atoms. The predicted molar refractivity (Wildman–Crippen MR) is 68.2 cm³/mol. The maximum atomic E-state index is 11.7. The first-order valence-corrected chi connectivity index (χ1v) is 5.91. The van der Waals surface area contributed by atoms with Gasteiger partial charge in [-0.25, -0.2) is 9.59 Å². The number of anilines is 1. The SMILES string of the molecule is O=C(O)c1cc(NC(=O)c2cnsn2)cc(C(=O)O)c1. The van der Waals surface area contributed by atoms with Gasteiger partial charge in [-0.05, 0) is 18.2 Å². The third kappa shape index (κ3) is 2.95. The number of carboxylic acids is 2. The monoisotopic (exact) mass is 293 g/mol. The van der Waals surface area contributed by atoms with E-state index >= 15 is 0 Å². The largest absolute Gasteiger partial charge is 0.478 e. The summed E-state index contributed by atoms with van der Waals surface area (Å²) in [6.07, 6.45) is 1.25. The number of carboxylic acid groups (broad SMARTS) is 2. The van der Waals surface area contributed by atoms with Crippen LogP contribution in [0.15, 0.2) is 24.4 Å². The fourth-order valence-corrected chi connectivity index (χ4v) is 1.82. The van der Waals surface area contributed by atoms with Gasteiger partial charge in [-0.15, -0.1) is 0 Å². The van der Waals surface area contributed by atoms with Crippen molar-refractivity contribution in [2.24, 2.45) is 0 Å². The van der Waals surface area contributed by atoms with Crippen LogP contribution < -0.4 is 5.32 Å². The number of benzene rings is 1. The molecule has 20 heavy (non-hydrogen) atoms. The maximum Gasteiger partial charge on any atom is 0.335 e. The topological polar surface area (TPSA) is 129 Å². The van der Waals surface area contributed by atoms with E-state index in [0.29, 0.717) is 0 Å². The third-order valence-corrected chi connectivity index (χ3v) is 2.76. The molecule has 3 N–H and O–H groups in total. The average molecular weight is 293 g/mol. The minimum absolute atomic E-state index is 0.0558. The van der Waals surface area contributed by atoms with Crippen molar-refractivity contribution in [3.05, 3.63) is 41.2 Å². The van der Waals surface area contributed by atoms with E-state index < -0.39 is 17.8 Å². The van der Waals surface area contributed by atoms with Crippen molar-refractivity contribution in [2.45, 2.75) is 0 Å². The van der Waals surface area contributed by atoms with Gasteiger partial charge in [0.15, 0.2) is 5.69 Å². The summed E-state index contributed by atoms with van der Waals surface area (Å²) in [6.45, 7) is 0. The number of amides is 1. The van der Waals surface area contributed by atoms with E-state index in [1.807, 2.05) is 0 Å². The smallest absolute Gasteiger partial charge is 0.335 e. The van der Waals surface area contributed by atoms with E-state index in [0.717, 1.165) is 29.9 Å². The Balaban J connectivity index is 2.33. The molecule has 1 aromatic carbocycles. The average Bonchev–Trinajstić information content (AvgIpc) is 2.92. The molecule has 0 atom stereocenters. The molecule has 0 bridgehead atoms. The fraction of sp³-hybridized carbons (Fsp3) is 0. The van der Waals surface area contributed by atoms with Crippen molar-refractivity contribution >= 4 is 35.3 Å². The Morgan fingerprint density at radius 1 is 1.05 bits per heavy atom. The number of nitrogens with one attached hydrogen (secondary N) is 1. The van der Waals surface area contributed by atoms with Gasteiger partial charge in [-0.2, -0.15) is 8.75 Å². The highest BCUT2D eigenvalue weighted by atomic mass is 32.1. The number of rotatable bonds is 4. The highest BCUT2D eigenvalue weighted by Gasteiger charge is 2.14. The van der Waals surface area contributed by atoms with Crippen LogP contribution in [-0.4, -0.2) is 36.8 Å². The van der Waals surface area contributed by atoms with E-state index in [-0.39, 0.29) is 22.5 Å². The number of aromatic nitrogens is 2. The van der Waals surface area contributed by atoms with Crippen molar-refractivity contribution in [2.75, 3.05) is 5.32 Å². The summed E-state index contributed by atoms with van der Waals surface area (Å²) in [7, 11) is 0. The van der Waals surface area contributed by atoms with Crippen LogP contribution in [0.4, 0.5) is 5.69 Å². The first kappa shape index (κ1) is 13.6. The minimum Gasteiger partial charge on any atom is -0.478 e. The lowest BCUT2D eigenvalue weighted by molar-refractivity contribution is 0.0696. The van der Waals surface area contributed by atoms with Crippen LogP contribution >= 0.6 is 11.7 Å². The molecule has 0 aliphatic heterocycles. The van der Waals surface area contributed by atoms with Crippen LogP contribution in [-0.2, 0) is 0 Å². The highest BCUT2D eigenvalue weighted by Crippen LogP contribution is 2.16. The van der Waals surface area contributed by atoms with Crippen molar-refractivity contribution in [3.8, 4) is 0 Å². The van der Waals surface area contributed by atoms with Crippen LogP contribution in [0, 0.1) is 0 Å². The quantitative estimate of drug-likeness (QED) is 0.771. The zero-order valence-electron chi connectivity index (χ0n) is 9.73. The first-order valence-electron chi connectivity index (χ1n) is 5.18. The Kier molecular flexibility index (Phi) is 3.71. The lowest BCUT2D eigenvalue weighted by Gasteiger charge is -2.06. The summed E-state index contributed by atoms with van der Waals surface area (Å²) in [5.74, 6) is -3.18. The van der Waals surface area contributed by atoms with Gasteiger partial charge in [0, 0.05) is 5.69 Å². The van der Waals surface area contributed by atoms with Gasteiger partial charge in [0.2, 0.25) is 0 Å². The van der Waals surface area contributed by atoms with Gasteiger partial charge < -0.3 is 15.5 Å². The lowest BCUT2D eigenvalue weighted by atomic mass is 10.1. The highest BCUT2D eigenvalue weighted by molar-refractivity contribution is 6.99. The van der Waals surface area contributed by atoms with Crippen molar-refractivity contribution < 1.29 is 24.6 Å². The van der Waals surface area contributed by atoms with E-state index in [4.69, 9.17) is 10.2 Å². The molecule has 2 rings (SSSR count). The second-order valence-corrected chi connectivity index (χ2v) is 4.21. The molecule has 2 aromatic rings. The third-order valence-electron chi connectivity index (χ3n) is 2.28. The Morgan fingerprint density at radius 3 is 2.10 bits per heavy atom. The zero-order valence-corrected chi connectivity index (χ0v) is 10.5. The summed E-state index contributed by atoms with van der Waals surface area (Å²) >= 11 is 0.846. The molecule has 102 valence electrons. The van der Waals surface area contributed by atoms with Gasteiger partial charge in [0.1, 0.15) is 0 Å². The second-order valence-electron chi connectivity index (χ2n) is 3.66. The summed E-state index contributed by atoms with van der Waals surface area (Å²) in [5.41, 5.74) is -0.360. The van der Waals surface area contributed by atoms with E-state index in [1.54, 1.807) is 0 Å². The molecule has 0 radical (unpaired) electrons. The lowest BCUT2D eigenvalue weighted by Crippen LogP contribution is -2.13. The summed E-state index contributed by atoms with van der Waals surface area (Å²) < 4.78 is 7.37. The number of aromatic carboxylic acids is 2. The Hall–Kier alpha value is -2.81. The molecule has 0 saturated carbocycles. The van der Waals surface area contributed by atoms with Crippen LogP contribution in [0.2, 0.25) is 0 Å². The first-order chi connectivity index (χ1) is 9.47. The fourth-order valence-electron chi connectivity index (χ4n) is 1.41. The Morgan fingerprint density at radius 2 is 1.65 bits per heavy atom. The molecular formula is C11H7N3O5S. The molecule has 1 heterocycles. The number of carbonyl (C=O) groups excluding carboxylic acids is 1. The van der Waals surface area contributed by atoms with Gasteiger partial charge in [0.05, 0.1) is 29.1 Å². The molecule has 1 amide bonds.